The van der Waals surface area contributed by atoms with E-state index in [0.717, 1.165) is 32.2 Å². The fourth-order valence-corrected chi connectivity index (χ4v) is 1.90. The minimum atomic E-state index is -0.0512. The van der Waals surface area contributed by atoms with Gasteiger partial charge in [0.15, 0.2) is 0 Å². The maximum absolute atomic E-state index is 11.7. The highest BCUT2D eigenvalue weighted by Gasteiger charge is 2.18. The van der Waals surface area contributed by atoms with Crippen molar-refractivity contribution >= 4 is 11.8 Å². The summed E-state index contributed by atoms with van der Waals surface area (Å²) in [6, 6.07) is 0. The van der Waals surface area contributed by atoms with Crippen LogP contribution in [-0.2, 0) is 9.59 Å². The van der Waals surface area contributed by atoms with Gasteiger partial charge in [-0.25, -0.2) is 0 Å². The molecule has 17 heavy (non-hydrogen) atoms. The second kappa shape index (κ2) is 7.87. The van der Waals surface area contributed by atoms with Gasteiger partial charge in [0, 0.05) is 19.5 Å². The van der Waals surface area contributed by atoms with Crippen LogP contribution in [0.15, 0.2) is 12.2 Å². The topological polar surface area (TPSA) is 49.4 Å². The molecule has 0 aliphatic carbocycles. The smallest absolute Gasteiger partial charge is 0.239 e. The maximum Gasteiger partial charge on any atom is 0.239 e. The Balaban J connectivity index is 2.26. The van der Waals surface area contributed by atoms with Gasteiger partial charge in [-0.05, 0) is 26.2 Å². The van der Waals surface area contributed by atoms with Gasteiger partial charge < -0.3 is 10.2 Å². The van der Waals surface area contributed by atoms with Gasteiger partial charge in [0.05, 0.1) is 6.54 Å². The molecular formula is C13H22N2O2. The number of rotatable bonds is 5. The number of nitrogens with zero attached hydrogens (tertiary/aromatic N) is 1. The summed E-state index contributed by atoms with van der Waals surface area (Å²) >= 11 is 0. The van der Waals surface area contributed by atoms with Gasteiger partial charge in [-0.15, -0.1) is 0 Å². The number of nitrogens with one attached hydrogen (secondary N) is 1. The van der Waals surface area contributed by atoms with E-state index in [9.17, 15) is 9.59 Å². The van der Waals surface area contributed by atoms with Gasteiger partial charge in [-0.1, -0.05) is 18.6 Å². The quantitative estimate of drug-likeness (QED) is 0.582. The van der Waals surface area contributed by atoms with E-state index in [1.165, 1.54) is 0 Å². The number of carbonyl (C=O) groups excluding carboxylic acids is 2. The highest BCUT2D eigenvalue weighted by molar-refractivity contribution is 5.84. The summed E-state index contributed by atoms with van der Waals surface area (Å²) in [7, 11) is 0. The van der Waals surface area contributed by atoms with E-state index >= 15 is 0 Å². The highest BCUT2D eigenvalue weighted by Crippen LogP contribution is 2.10. The summed E-state index contributed by atoms with van der Waals surface area (Å²) < 4.78 is 0. The molecule has 1 heterocycles. The van der Waals surface area contributed by atoms with Crippen molar-refractivity contribution in [1.82, 2.24) is 10.2 Å². The lowest BCUT2D eigenvalue weighted by atomic mass is 10.2. The summed E-state index contributed by atoms with van der Waals surface area (Å²) in [5, 5.41) is 2.82. The first-order chi connectivity index (χ1) is 8.24. The third kappa shape index (κ3) is 5.52. The van der Waals surface area contributed by atoms with Gasteiger partial charge in [0.25, 0.3) is 0 Å². The van der Waals surface area contributed by atoms with Crippen LogP contribution in [0.5, 0.6) is 0 Å². The Kier molecular flexibility index (Phi) is 6.37. The first kappa shape index (κ1) is 13.7. The fourth-order valence-electron chi connectivity index (χ4n) is 1.90. The minimum Gasteiger partial charge on any atom is -0.354 e. The molecule has 4 heteroatoms. The van der Waals surface area contributed by atoms with Crippen LogP contribution in [0.4, 0.5) is 0 Å². The lowest BCUT2D eigenvalue weighted by Gasteiger charge is -2.19. The van der Waals surface area contributed by atoms with E-state index in [1.54, 1.807) is 4.90 Å². The number of allylic oxidation sites excluding steroid dienone is 1. The van der Waals surface area contributed by atoms with Crippen molar-refractivity contribution in [1.29, 1.82) is 0 Å². The molecule has 0 aromatic rings. The van der Waals surface area contributed by atoms with Gasteiger partial charge in [0.2, 0.25) is 11.8 Å². The third-order valence-electron chi connectivity index (χ3n) is 2.87. The second-order valence-electron chi connectivity index (χ2n) is 4.33. The molecule has 0 radical (unpaired) electrons. The van der Waals surface area contributed by atoms with E-state index in [4.69, 9.17) is 0 Å². The maximum atomic E-state index is 11.7. The molecule has 96 valence electrons. The van der Waals surface area contributed by atoms with Crippen LogP contribution in [0.25, 0.3) is 0 Å². The zero-order valence-corrected chi connectivity index (χ0v) is 10.6. The molecule has 0 aromatic heterocycles. The molecule has 1 fully saturated rings. The molecule has 1 aliphatic heterocycles. The molecule has 0 bridgehead atoms. The second-order valence-corrected chi connectivity index (χ2v) is 4.33. The highest BCUT2D eigenvalue weighted by atomic mass is 16.2. The Morgan fingerprint density at radius 2 is 2.24 bits per heavy atom. The molecule has 1 rings (SSSR count). The van der Waals surface area contributed by atoms with E-state index in [-0.39, 0.29) is 18.4 Å². The number of hydrogen-bond donors (Lipinski definition) is 1. The van der Waals surface area contributed by atoms with E-state index in [2.05, 4.69) is 5.32 Å². The van der Waals surface area contributed by atoms with Crippen molar-refractivity contribution in [3.05, 3.63) is 12.2 Å². The molecule has 0 aromatic carbocycles. The number of likely N-dealkylation sites (tertiary alicyclic amines) is 1. The SMILES string of the molecule is C/C=C/CCNC(=O)CN1CCCCCC1=O. The molecule has 2 amide bonds. The molecular weight excluding hydrogens is 216 g/mol. The molecule has 0 atom stereocenters. The van der Waals surface area contributed by atoms with Gasteiger partial charge in [-0.3, -0.25) is 9.59 Å². The Labute approximate surface area is 103 Å². The zero-order chi connectivity index (χ0) is 12.5. The Morgan fingerprint density at radius 3 is 3.00 bits per heavy atom. The van der Waals surface area contributed by atoms with Crippen LogP contribution in [0, 0.1) is 0 Å². The summed E-state index contributed by atoms with van der Waals surface area (Å²) in [4.78, 5) is 24.9. The van der Waals surface area contributed by atoms with Gasteiger partial charge >= 0.3 is 0 Å². The van der Waals surface area contributed by atoms with Gasteiger partial charge in [0.1, 0.15) is 0 Å². The van der Waals surface area contributed by atoms with E-state index in [0.29, 0.717) is 13.0 Å². The standard InChI is InChI=1S/C13H22N2O2/c1-2-3-6-9-14-12(16)11-15-10-7-4-5-8-13(15)17/h2-3H,4-11H2,1H3,(H,14,16)/b3-2+. The Bertz CT molecular complexity index is 287. The van der Waals surface area contributed by atoms with Crippen LogP contribution in [0.1, 0.15) is 39.0 Å². The number of amides is 2. The average molecular weight is 238 g/mol. The van der Waals surface area contributed by atoms with E-state index in [1.807, 2.05) is 19.1 Å². The minimum absolute atomic E-state index is 0.0512. The first-order valence-corrected chi connectivity index (χ1v) is 6.39. The Morgan fingerprint density at radius 1 is 1.41 bits per heavy atom. The molecule has 4 nitrogen and oxygen atoms in total. The first-order valence-electron chi connectivity index (χ1n) is 6.39. The molecule has 0 spiro atoms. The van der Waals surface area contributed by atoms with Crippen molar-refractivity contribution in [2.24, 2.45) is 0 Å². The van der Waals surface area contributed by atoms with E-state index < -0.39 is 0 Å². The summed E-state index contributed by atoms with van der Waals surface area (Å²) in [6.45, 7) is 3.54. The number of carbonyl (C=O) groups is 2. The lowest BCUT2D eigenvalue weighted by Crippen LogP contribution is -2.40. The van der Waals surface area contributed by atoms with Crippen LogP contribution in [0.2, 0.25) is 0 Å². The van der Waals surface area contributed by atoms with Crippen LogP contribution >= 0.6 is 0 Å². The predicted octanol–water partition coefficient (Wildman–Crippen LogP) is 1.47. The van der Waals surface area contributed by atoms with Crippen molar-refractivity contribution in [3.8, 4) is 0 Å². The van der Waals surface area contributed by atoms with Crippen molar-refractivity contribution in [2.45, 2.75) is 39.0 Å². The third-order valence-corrected chi connectivity index (χ3v) is 2.87. The molecule has 1 saturated heterocycles. The lowest BCUT2D eigenvalue weighted by molar-refractivity contribution is -0.135. The molecule has 0 unspecified atom stereocenters. The molecule has 1 N–H and O–H groups in total. The summed E-state index contributed by atoms with van der Waals surface area (Å²) in [5.74, 6) is 0.0656. The largest absolute Gasteiger partial charge is 0.354 e. The van der Waals surface area contributed by atoms with Crippen molar-refractivity contribution in [3.63, 3.8) is 0 Å². The molecule has 1 aliphatic rings. The van der Waals surface area contributed by atoms with Crippen molar-refractivity contribution < 1.29 is 9.59 Å². The number of hydrogen-bond acceptors (Lipinski definition) is 2. The normalized spacial score (nSPS) is 17.2. The van der Waals surface area contributed by atoms with Crippen LogP contribution in [-0.4, -0.2) is 36.3 Å². The van der Waals surface area contributed by atoms with Crippen LogP contribution in [0.3, 0.4) is 0 Å². The Hall–Kier alpha value is -1.32. The molecule has 0 saturated carbocycles. The van der Waals surface area contributed by atoms with Crippen molar-refractivity contribution in [2.75, 3.05) is 19.6 Å². The monoisotopic (exact) mass is 238 g/mol. The zero-order valence-electron chi connectivity index (χ0n) is 10.6. The van der Waals surface area contributed by atoms with Gasteiger partial charge in [-0.2, -0.15) is 0 Å². The summed E-state index contributed by atoms with van der Waals surface area (Å²) in [5.41, 5.74) is 0. The average Bonchev–Trinajstić information content (AvgIpc) is 2.51. The van der Waals surface area contributed by atoms with Crippen LogP contribution < -0.4 is 5.32 Å². The summed E-state index contributed by atoms with van der Waals surface area (Å²) in [6.07, 6.45) is 8.46. The predicted molar refractivity (Wildman–Crippen MR) is 67.5 cm³/mol. The fraction of sp³-hybridized carbons (Fsp3) is 0.692.